The van der Waals surface area contributed by atoms with Crippen molar-refractivity contribution in [1.29, 1.82) is 0 Å². The molecule has 2 fully saturated rings. The summed E-state index contributed by atoms with van der Waals surface area (Å²) < 4.78 is 30.1. The second-order valence-corrected chi connectivity index (χ2v) is 9.21. The molecule has 27 heavy (non-hydrogen) atoms. The summed E-state index contributed by atoms with van der Waals surface area (Å²) in [5.74, 6) is 0.0361. The molecule has 0 radical (unpaired) electrons. The number of carbonyl (C=O) groups is 2. The quantitative estimate of drug-likeness (QED) is 0.736. The lowest BCUT2D eigenvalue weighted by atomic mass is 10.0. The second kappa shape index (κ2) is 7.85. The summed E-state index contributed by atoms with van der Waals surface area (Å²) in [4.78, 5) is 24.6. The normalized spacial score (nSPS) is 26.0. The van der Waals surface area contributed by atoms with Crippen LogP contribution in [0, 0.1) is 11.8 Å². The summed E-state index contributed by atoms with van der Waals surface area (Å²) >= 11 is 0. The SMILES string of the molecule is COc1cccc(CNC(=O)[C@H]2C[C@@H]3CN(S(C)(=O)=O)CC(=O)N[C@@H]3C2)c1. The number of ether oxygens (including phenoxy) is 1. The molecule has 1 aromatic carbocycles. The van der Waals surface area contributed by atoms with E-state index in [9.17, 15) is 18.0 Å². The average Bonchev–Trinajstić information content (AvgIpc) is 2.93. The van der Waals surface area contributed by atoms with Gasteiger partial charge >= 0.3 is 0 Å². The van der Waals surface area contributed by atoms with Crippen LogP contribution >= 0.6 is 0 Å². The third-order valence-corrected chi connectivity index (χ3v) is 6.46. The van der Waals surface area contributed by atoms with Gasteiger partial charge in [0.1, 0.15) is 5.75 Å². The third kappa shape index (κ3) is 4.78. The number of fused-ring (bicyclic) bond motifs is 1. The van der Waals surface area contributed by atoms with Gasteiger partial charge in [-0.1, -0.05) is 12.1 Å². The van der Waals surface area contributed by atoms with E-state index in [2.05, 4.69) is 10.6 Å². The van der Waals surface area contributed by atoms with Crippen molar-refractivity contribution in [3.63, 3.8) is 0 Å². The number of sulfonamides is 1. The molecule has 3 rings (SSSR count). The van der Waals surface area contributed by atoms with Crippen molar-refractivity contribution in [2.75, 3.05) is 26.5 Å². The van der Waals surface area contributed by atoms with Crippen LogP contribution in [0.5, 0.6) is 5.75 Å². The fraction of sp³-hybridized carbons (Fsp3) is 0.556. The van der Waals surface area contributed by atoms with Gasteiger partial charge in [0.25, 0.3) is 0 Å². The Balaban J connectivity index is 1.61. The number of benzene rings is 1. The van der Waals surface area contributed by atoms with Crippen molar-refractivity contribution in [3.05, 3.63) is 29.8 Å². The first kappa shape index (κ1) is 19.6. The molecule has 1 saturated heterocycles. The highest BCUT2D eigenvalue weighted by molar-refractivity contribution is 7.88. The fourth-order valence-corrected chi connectivity index (χ4v) is 4.64. The van der Waals surface area contributed by atoms with Crippen molar-refractivity contribution < 1.29 is 22.7 Å². The number of carbonyl (C=O) groups excluding carboxylic acids is 2. The predicted octanol–water partition coefficient (Wildman–Crippen LogP) is 0.0976. The van der Waals surface area contributed by atoms with Gasteiger partial charge in [-0.3, -0.25) is 9.59 Å². The highest BCUT2D eigenvalue weighted by Gasteiger charge is 2.42. The van der Waals surface area contributed by atoms with E-state index in [4.69, 9.17) is 4.74 Å². The summed E-state index contributed by atoms with van der Waals surface area (Å²) in [7, 11) is -1.86. The first-order valence-corrected chi connectivity index (χ1v) is 10.8. The number of hydrogen-bond acceptors (Lipinski definition) is 5. The molecular weight excluding hydrogens is 370 g/mol. The molecule has 1 aliphatic heterocycles. The van der Waals surface area contributed by atoms with E-state index in [1.165, 1.54) is 4.31 Å². The lowest BCUT2D eigenvalue weighted by Crippen LogP contribution is -2.39. The molecule has 1 heterocycles. The fourth-order valence-electron chi connectivity index (χ4n) is 3.82. The Hall–Kier alpha value is -2.13. The molecule has 2 aliphatic rings. The second-order valence-electron chi connectivity index (χ2n) is 7.23. The molecule has 0 spiro atoms. The van der Waals surface area contributed by atoms with E-state index < -0.39 is 10.0 Å². The van der Waals surface area contributed by atoms with Gasteiger partial charge in [-0.25, -0.2) is 8.42 Å². The highest BCUT2D eigenvalue weighted by Crippen LogP contribution is 2.34. The third-order valence-electron chi connectivity index (χ3n) is 5.24. The smallest absolute Gasteiger partial charge is 0.235 e. The monoisotopic (exact) mass is 395 g/mol. The first-order valence-electron chi connectivity index (χ1n) is 8.91. The van der Waals surface area contributed by atoms with Crippen LogP contribution in [0.4, 0.5) is 0 Å². The Morgan fingerprint density at radius 2 is 2.15 bits per heavy atom. The number of hydrogen-bond donors (Lipinski definition) is 2. The number of methoxy groups -OCH3 is 1. The zero-order valence-corrected chi connectivity index (χ0v) is 16.3. The molecule has 0 aromatic heterocycles. The molecule has 3 atom stereocenters. The van der Waals surface area contributed by atoms with Gasteiger partial charge in [-0.05, 0) is 36.5 Å². The lowest BCUT2D eigenvalue weighted by molar-refractivity contribution is -0.125. The Morgan fingerprint density at radius 1 is 1.37 bits per heavy atom. The Labute approximate surface area is 159 Å². The van der Waals surface area contributed by atoms with Crippen LogP contribution in [0.25, 0.3) is 0 Å². The summed E-state index contributed by atoms with van der Waals surface area (Å²) in [6.07, 6.45) is 2.19. The number of amides is 2. The molecule has 1 saturated carbocycles. The largest absolute Gasteiger partial charge is 0.497 e. The van der Waals surface area contributed by atoms with Gasteiger partial charge < -0.3 is 15.4 Å². The number of nitrogens with zero attached hydrogens (tertiary/aromatic N) is 1. The van der Waals surface area contributed by atoms with Crippen molar-refractivity contribution in [2.24, 2.45) is 11.8 Å². The van der Waals surface area contributed by atoms with E-state index in [1.54, 1.807) is 7.11 Å². The molecule has 0 bridgehead atoms. The van der Waals surface area contributed by atoms with E-state index >= 15 is 0 Å². The van der Waals surface area contributed by atoms with Gasteiger partial charge in [0.2, 0.25) is 21.8 Å². The predicted molar refractivity (Wildman–Crippen MR) is 99.4 cm³/mol. The highest BCUT2D eigenvalue weighted by atomic mass is 32.2. The minimum Gasteiger partial charge on any atom is -0.497 e. The van der Waals surface area contributed by atoms with E-state index in [-0.39, 0.29) is 42.8 Å². The van der Waals surface area contributed by atoms with Crippen LogP contribution in [0.3, 0.4) is 0 Å². The number of rotatable bonds is 5. The molecule has 2 amide bonds. The lowest BCUT2D eigenvalue weighted by Gasteiger charge is -2.20. The molecule has 1 aliphatic carbocycles. The van der Waals surface area contributed by atoms with Crippen LogP contribution in [0.1, 0.15) is 18.4 Å². The molecule has 1 aromatic rings. The maximum absolute atomic E-state index is 12.6. The van der Waals surface area contributed by atoms with E-state index in [0.29, 0.717) is 19.4 Å². The first-order chi connectivity index (χ1) is 12.8. The van der Waals surface area contributed by atoms with Gasteiger partial charge in [0.05, 0.1) is 19.9 Å². The Morgan fingerprint density at radius 3 is 2.85 bits per heavy atom. The van der Waals surface area contributed by atoms with Crippen molar-refractivity contribution >= 4 is 21.8 Å². The summed E-state index contributed by atoms with van der Waals surface area (Å²) in [6.45, 7) is 0.504. The van der Waals surface area contributed by atoms with E-state index in [0.717, 1.165) is 17.6 Å². The maximum Gasteiger partial charge on any atom is 0.235 e. The standard InChI is InChI=1S/C18H25N3O5S/c1-26-15-5-3-4-12(6-15)9-19-18(23)13-7-14-10-21(27(2,24)25)11-17(22)20-16(14)8-13/h3-6,13-14,16H,7-11H2,1-2H3,(H,19,23)(H,20,22)/t13-,14+,16+/m0/s1. The van der Waals surface area contributed by atoms with Crippen molar-refractivity contribution in [2.45, 2.75) is 25.4 Å². The summed E-state index contributed by atoms with van der Waals surface area (Å²) in [6, 6.07) is 7.31. The maximum atomic E-state index is 12.6. The number of nitrogens with one attached hydrogen (secondary N) is 2. The van der Waals surface area contributed by atoms with Crippen LogP contribution in [0.2, 0.25) is 0 Å². The summed E-state index contributed by atoms with van der Waals surface area (Å²) in [5.41, 5.74) is 0.937. The topological polar surface area (TPSA) is 105 Å². The van der Waals surface area contributed by atoms with Gasteiger partial charge in [-0.2, -0.15) is 4.31 Å². The molecular formula is C18H25N3O5S. The molecule has 8 nitrogen and oxygen atoms in total. The minimum absolute atomic E-state index is 0.0567. The zero-order valence-electron chi connectivity index (χ0n) is 15.5. The average molecular weight is 395 g/mol. The Bertz CT molecular complexity index is 826. The zero-order chi connectivity index (χ0) is 19.6. The van der Waals surface area contributed by atoms with Gasteiger partial charge in [0, 0.05) is 25.0 Å². The molecule has 0 unspecified atom stereocenters. The van der Waals surface area contributed by atoms with Crippen LogP contribution in [-0.4, -0.2) is 57.0 Å². The van der Waals surface area contributed by atoms with Crippen molar-refractivity contribution in [3.8, 4) is 5.75 Å². The van der Waals surface area contributed by atoms with Crippen LogP contribution < -0.4 is 15.4 Å². The molecule has 148 valence electrons. The van der Waals surface area contributed by atoms with E-state index in [1.807, 2.05) is 24.3 Å². The van der Waals surface area contributed by atoms with Gasteiger partial charge in [0.15, 0.2) is 0 Å². The van der Waals surface area contributed by atoms with Crippen LogP contribution in [-0.2, 0) is 26.2 Å². The molecule has 9 heteroatoms. The summed E-state index contributed by atoms with van der Waals surface area (Å²) in [5, 5.41) is 5.81. The van der Waals surface area contributed by atoms with Crippen LogP contribution in [0.15, 0.2) is 24.3 Å². The minimum atomic E-state index is -3.45. The van der Waals surface area contributed by atoms with Crippen molar-refractivity contribution in [1.82, 2.24) is 14.9 Å². The Kier molecular flexibility index (Phi) is 5.71. The van der Waals surface area contributed by atoms with Gasteiger partial charge in [-0.15, -0.1) is 0 Å². The molecule has 2 N–H and O–H groups in total.